The van der Waals surface area contributed by atoms with E-state index in [-0.39, 0.29) is 22.8 Å². The standard InChI is InChI=1S/C26H24FN5O4S/c1-17-5-7-20(15-22(17)32-26-29-12-9-21(31-26)19-4-3-11-28-16-19)30-25(33)18-6-8-24(37(2,34)35)23(14-18)36-13-10-27/h3-9,11-12,14-16H,10,13H2,1-2H3,(H,30,33)(H,29,31,32). The number of hydrogen-bond acceptors (Lipinski definition) is 8. The van der Waals surface area contributed by atoms with Gasteiger partial charge < -0.3 is 15.4 Å². The summed E-state index contributed by atoms with van der Waals surface area (Å²) in [6, 6.07) is 14.7. The normalized spacial score (nSPS) is 11.1. The van der Waals surface area contributed by atoms with Crippen LogP contribution in [0.4, 0.5) is 21.7 Å². The van der Waals surface area contributed by atoms with E-state index in [0.717, 1.165) is 17.4 Å². The van der Waals surface area contributed by atoms with Gasteiger partial charge >= 0.3 is 0 Å². The van der Waals surface area contributed by atoms with Crippen molar-refractivity contribution in [2.24, 2.45) is 0 Å². The van der Waals surface area contributed by atoms with Crippen molar-refractivity contribution in [2.75, 3.05) is 30.2 Å². The molecule has 190 valence electrons. The van der Waals surface area contributed by atoms with E-state index < -0.39 is 22.4 Å². The molecule has 0 atom stereocenters. The van der Waals surface area contributed by atoms with Gasteiger partial charge in [0.2, 0.25) is 5.95 Å². The van der Waals surface area contributed by atoms with Crippen LogP contribution in [0.25, 0.3) is 11.3 Å². The second-order valence-corrected chi connectivity index (χ2v) is 10.1. The van der Waals surface area contributed by atoms with Crippen LogP contribution in [0.1, 0.15) is 15.9 Å². The molecule has 0 saturated carbocycles. The fraction of sp³-hybridized carbons (Fsp3) is 0.154. The molecule has 2 aromatic heterocycles. The van der Waals surface area contributed by atoms with Gasteiger partial charge in [0.05, 0.1) is 5.69 Å². The summed E-state index contributed by atoms with van der Waals surface area (Å²) in [5.41, 5.74) is 3.77. The largest absolute Gasteiger partial charge is 0.489 e. The molecule has 4 rings (SSSR count). The Kier molecular flexibility index (Phi) is 7.73. The lowest BCUT2D eigenvalue weighted by Gasteiger charge is -2.13. The minimum atomic E-state index is -3.63. The molecular weight excluding hydrogens is 497 g/mol. The summed E-state index contributed by atoms with van der Waals surface area (Å²) in [5.74, 6) is -0.196. The average Bonchev–Trinajstić information content (AvgIpc) is 2.89. The number of hydrogen-bond donors (Lipinski definition) is 2. The van der Waals surface area contributed by atoms with Crippen molar-refractivity contribution in [1.29, 1.82) is 0 Å². The number of nitrogens with zero attached hydrogens (tertiary/aromatic N) is 3. The molecule has 0 aliphatic rings. The summed E-state index contributed by atoms with van der Waals surface area (Å²) < 4.78 is 41.9. The number of benzene rings is 2. The minimum absolute atomic E-state index is 0.0790. The molecule has 0 saturated heterocycles. The van der Waals surface area contributed by atoms with Crippen molar-refractivity contribution in [1.82, 2.24) is 15.0 Å². The quantitative estimate of drug-likeness (QED) is 0.328. The van der Waals surface area contributed by atoms with Gasteiger partial charge in [0.15, 0.2) is 9.84 Å². The van der Waals surface area contributed by atoms with Crippen LogP contribution in [-0.2, 0) is 9.84 Å². The Hall–Kier alpha value is -4.38. The van der Waals surface area contributed by atoms with E-state index in [9.17, 15) is 17.6 Å². The average molecular weight is 522 g/mol. The lowest BCUT2D eigenvalue weighted by atomic mass is 10.1. The lowest BCUT2D eigenvalue weighted by Crippen LogP contribution is -2.14. The molecule has 0 aliphatic carbocycles. The van der Waals surface area contributed by atoms with Gasteiger partial charge in [0, 0.05) is 47.3 Å². The van der Waals surface area contributed by atoms with Crippen molar-refractivity contribution in [3.63, 3.8) is 0 Å². The summed E-state index contributed by atoms with van der Waals surface area (Å²) in [6.45, 7) is 0.773. The lowest BCUT2D eigenvalue weighted by molar-refractivity contribution is 0.102. The zero-order chi connectivity index (χ0) is 26.4. The number of aromatic nitrogens is 3. The van der Waals surface area contributed by atoms with Crippen molar-refractivity contribution in [3.8, 4) is 17.0 Å². The number of halogens is 1. The summed E-state index contributed by atoms with van der Waals surface area (Å²) in [7, 11) is -3.63. The van der Waals surface area contributed by atoms with E-state index >= 15 is 0 Å². The molecule has 2 heterocycles. The molecule has 37 heavy (non-hydrogen) atoms. The minimum Gasteiger partial charge on any atom is -0.489 e. The Balaban J connectivity index is 1.55. The van der Waals surface area contributed by atoms with Crippen LogP contribution in [0.3, 0.4) is 0 Å². The van der Waals surface area contributed by atoms with Crippen LogP contribution in [0, 0.1) is 6.92 Å². The molecule has 2 aromatic carbocycles. The molecule has 0 unspecified atom stereocenters. The Morgan fingerprint density at radius 3 is 2.65 bits per heavy atom. The molecule has 4 aromatic rings. The third-order valence-electron chi connectivity index (χ3n) is 5.29. The van der Waals surface area contributed by atoms with Crippen molar-refractivity contribution in [3.05, 3.63) is 84.3 Å². The van der Waals surface area contributed by atoms with E-state index in [1.54, 1.807) is 36.8 Å². The number of carbonyl (C=O) groups excluding carboxylic acids is 1. The van der Waals surface area contributed by atoms with Gasteiger partial charge in [-0.2, -0.15) is 0 Å². The SMILES string of the molecule is Cc1ccc(NC(=O)c2ccc(S(C)(=O)=O)c(OCCF)c2)cc1Nc1nccc(-c2cccnc2)n1. The van der Waals surface area contributed by atoms with Crippen LogP contribution in [0.15, 0.2) is 78.1 Å². The highest BCUT2D eigenvalue weighted by Gasteiger charge is 2.18. The summed E-state index contributed by atoms with van der Waals surface area (Å²) in [6.07, 6.45) is 6.05. The van der Waals surface area contributed by atoms with E-state index in [1.165, 1.54) is 18.2 Å². The third-order valence-corrected chi connectivity index (χ3v) is 6.43. The fourth-order valence-corrected chi connectivity index (χ4v) is 4.27. The van der Waals surface area contributed by atoms with Gasteiger partial charge in [-0.15, -0.1) is 0 Å². The molecular formula is C26H24FN5O4S. The van der Waals surface area contributed by atoms with Gasteiger partial charge in [-0.1, -0.05) is 6.07 Å². The highest BCUT2D eigenvalue weighted by Crippen LogP contribution is 2.27. The Labute approximate surface area is 213 Å². The predicted octanol–water partition coefficient (Wildman–Crippen LogP) is 4.59. The Morgan fingerprint density at radius 2 is 1.92 bits per heavy atom. The van der Waals surface area contributed by atoms with Crippen LogP contribution in [0.2, 0.25) is 0 Å². The van der Waals surface area contributed by atoms with Crippen LogP contribution in [-0.4, -0.2) is 48.8 Å². The fourth-order valence-electron chi connectivity index (χ4n) is 3.47. The number of rotatable bonds is 9. The van der Waals surface area contributed by atoms with Crippen LogP contribution >= 0.6 is 0 Å². The monoisotopic (exact) mass is 521 g/mol. The van der Waals surface area contributed by atoms with Gasteiger partial charge in [0.1, 0.15) is 23.9 Å². The molecule has 0 bridgehead atoms. The molecule has 0 radical (unpaired) electrons. The number of alkyl halides is 1. The first kappa shape index (κ1) is 25.7. The number of ether oxygens (including phenoxy) is 1. The molecule has 0 aliphatic heterocycles. The summed E-state index contributed by atoms with van der Waals surface area (Å²) >= 11 is 0. The van der Waals surface area contributed by atoms with Gasteiger partial charge in [-0.25, -0.2) is 22.8 Å². The number of anilines is 3. The third kappa shape index (κ3) is 6.44. The van der Waals surface area contributed by atoms with Gasteiger partial charge in [-0.05, 0) is 61.0 Å². The van der Waals surface area contributed by atoms with E-state index in [0.29, 0.717) is 23.0 Å². The number of pyridine rings is 1. The van der Waals surface area contributed by atoms with E-state index in [4.69, 9.17) is 4.74 Å². The number of nitrogens with one attached hydrogen (secondary N) is 2. The Bertz CT molecular complexity index is 1530. The second-order valence-electron chi connectivity index (χ2n) is 8.09. The van der Waals surface area contributed by atoms with Crippen molar-refractivity contribution >= 4 is 33.1 Å². The van der Waals surface area contributed by atoms with Crippen LogP contribution < -0.4 is 15.4 Å². The molecule has 1 amide bonds. The second kappa shape index (κ2) is 11.1. The maximum Gasteiger partial charge on any atom is 0.255 e. The zero-order valence-electron chi connectivity index (χ0n) is 20.1. The van der Waals surface area contributed by atoms with E-state index in [2.05, 4.69) is 25.6 Å². The number of carbonyl (C=O) groups is 1. The summed E-state index contributed by atoms with van der Waals surface area (Å²) in [5, 5.41) is 5.96. The van der Waals surface area contributed by atoms with Gasteiger partial charge in [-0.3, -0.25) is 9.78 Å². The topological polar surface area (TPSA) is 123 Å². The first-order chi connectivity index (χ1) is 17.7. The molecule has 9 nitrogen and oxygen atoms in total. The highest BCUT2D eigenvalue weighted by molar-refractivity contribution is 7.90. The van der Waals surface area contributed by atoms with Crippen molar-refractivity contribution in [2.45, 2.75) is 11.8 Å². The van der Waals surface area contributed by atoms with E-state index in [1.807, 2.05) is 25.1 Å². The number of sulfone groups is 1. The maximum absolute atomic E-state index is 12.9. The smallest absolute Gasteiger partial charge is 0.255 e. The molecule has 0 spiro atoms. The molecule has 0 fully saturated rings. The van der Waals surface area contributed by atoms with Gasteiger partial charge in [0.25, 0.3) is 5.91 Å². The van der Waals surface area contributed by atoms with Crippen molar-refractivity contribution < 1.29 is 22.3 Å². The zero-order valence-corrected chi connectivity index (χ0v) is 20.9. The predicted molar refractivity (Wildman–Crippen MR) is 139 cm³/mol. The highest BCUT2D eigenvalue weighted by atomic mass is 32.2. The molecule has 2 N–H and O–H groups in total. The number of aryl methyl sites for hydroxylation is 1. The van der Waals surface area contributed by atoms with Crippen LogP contribution in [0.5, 0.6) is 5.75 Å². The first-order valence-electron chi connectivity index (χ1n) is 11.2. The Morgan fingerprint density at radius 1 is 1.08 bits per heavy atom. The first-order valence-corrected chi connectivity index (χ1v) is 13.1. The summed E-state index contributed by atoms with van der Waals surface area (Å²) in [4.78, 5) is 25.7. The number of amides is 1. The maximum atomic E-state index is 12.9. The molecule has 11 heteroatoms.